The second-order valence-corrected chi connectivity index (χ2v) is 9.43. The number of fused-ring (bicyclic) bond motifs is 1. The van der Waals surface area contributed by atoms with E-state index in [-0.39, 0.29) is 29.3 Å². The average molecular weight is 422 g/mol. The minimum absolute atomic E-state index is 0.102. The summed E-state index contributed by atoms with van der Waals surface area (Å²) in [5.41, 5.74) is 0.412. The molecule has 0 saturated heterocycles. The maximum absolute atomic E-state index is 12.4. The first-order chi connectivity index (χ1) is 13.7. The van der Waals surface area contributed by atoms with Gasteiger partial charge in [0.15, 0.2) is 6.61 Å². The Labute approximate surface area is 171 Å². The fourth-order valence-electron chi connectivity index (χ4n) is 3.66. The van der Waals surface area contributed by atoms with Crippen LogP contribution in [0.1, 0.15) is 45.1 Å². The molecule has 1 atom stereocenters. The SMILES string of the molecule is CC1CCC(N(C)C(=O)COC(=O)[C@H](C)N=C2NS(=O)(=O)c3ccccc32)CC1. The van der Waals surface area contributed by atoms with E-state index in [1.807, 2.05) is 0 Å². The van der Waals surface area contributed by atoms with Crippen molar-refractivity contribution in [3.63, 3.8) is 0 Å². The number of ether oxygens (including phenoxy) is 1. The van der Waals surface area contributed by atoms with Gasteiger partial charge < -0.3 is 9.64 Å². The van der Waals surface area contributed by atoms with E-state index in [0.717, 1.165) is 25.7 Å². The van der Waals surface area contributed by atoms with E-state index in [2.05, 4.69) is 16.6 Å². The number of nitrogens with zero attached hydrogens (tertiary/aromatic N) is 2. The summed E-state index contributed by atoms with van der Waals surface area (Å²) in [6.07, 6.45) is 4.10. The molecule has 2 aliphatic rings. The topological polar surface area (TPSA) is 105 Å². The van der Waals surface area contributed by atoms with Gasteiger partial charge in [0.1, 0.15) is 11.9 Å². The van der Waals surface area contributed by atoms with Gasteiger partial charge >= 0.3 is 5.97 Å². The monoisotopic (exact) mass is 421 g/mol. The molecule has 1 N–H and O–H groups in total. The molecule has 9 heteroatoms. The Morgan fingerprint density at radius 3 is 2.59 bits per heavy atom. The minimum atomic E-state index is -3.67. The molecule has 0 bridgehead atoms. The zero-order valence-electron chi connectivity index (χ0n) is 16.9. The molecule has 1 aliphatic carbocycles. The van der Waals surface area contributed by atoms with E-state index in [0.29, 0.717) is 11.5 Å². The van der Waals surface area contributed by atoms with E-state index < -0.39 is 22.0 Å². The smallest absolute Gasteiger partial charge is 0.331 e. The highest BCUT2D eigenvalue weighted by Crippen LogP contribution is 2.26. The van der Waals surface area contributed by atoms with Gasteiger partial charge in [0.05, 0.1) is 4.90 Å². The Kier molecular flexibility index (Phi) is 6.26. The van der Waals surface area contributed by atoms with Crippen molar-refractivity contribution in [1.29, 1.82) is 0 Å². The number of hydrogen-bond acceptors (Lipinski definition) is 6. The number of nitrogens with one attached hydrogen (secondary N) is 1. The Bertz CT molecular complexity index is 920. The fourth-order valence-corrected chi connectivity index (χ4v) is 4.90. The predicted octanol–water partition coefficient (Wildman–Crippen LogP) is 1.69. The summed E-state index contributed by atoms with van der Waals surface area (Å²) in [6, 6.07) is 5.64. The van der Waals surface area contributed by atoms with E-state index in [1.165, 1.54) is 13.0 Å². The standard InChI is InChI=1S/C20H27N3O5S/c1-13-8-10-15(11-9-13)23(3)18(24)12-28-20(25)14(2)21-19-16-6-4-5-7-17(16)29(26,27)22-19/h4-7,13-15H,8-12H2,1-3H3,(H,21,22)/t13?,14-,15?/m0/s1. The maximum Gasteiger partial charge on any atom is 0.331 e. The van der Waals surface area contributed by atoms with Gasteiger partial charge in [0.25, 0.3) is 15.9 Å². The van der Waals surface area contributed by atoms with Gasteiger partial charge in [0.2, 0.25) is 0 Å². The number of carbonyl (C=O) groups is 2. The first-order valence-corrected chi connectivity index (χ1v) is 11.3. The van der Waals surface area contributed by atoms with Gasteiger partial charge in [-0.15, -0.1) is 0 Å². The molecule has 0 unspecified atom stereocenters. The van der Waals surface area contributed by atoms with Gasteiger partial charge in [-0.2, -0.15) is 0 Å². The highest BCUT2D eigenvalue weighted by atomic mass is 32.2. The van der Waals surface area contributed by atoms with E-state index in [9.17, 15) is 18.0 Å². The molecule has 1 saturated carbocycles. The lowest BCUT2D eigenvalue weighted by atomic mass is 9.87. The Balaban J connectivity index is 1.57. The van der Waals surface area contributed by atoms with Gasteiger partial charge in [-0.1, -0.05) is 19.1 Å². The van der Waals surface area contributed by atoms with Crippen LogP contribution in [-0.2, 0) is 24.3 Å². The first-order valence-electron chi connectivity index (χ1n) is 9.81. The van der Waals surface area contributed by atoms with Crippen molar-refractivity contribution in [3.8, 4) is 0 Å². The molecule has 29 heavy (non-hydrogen) atoms. The fraction of sp³-hybridized carbons (Fsp3) is 0.550. The molecule has 0 radical (unpaired) electrons. The quantitative estimate of drug-likeness (QED) is 0.729. The van der Waals surface area contributed by atoms with Gasteiger partial charge in [-0.05, 0) is 50.7 Å². The van der Waals surface area contributed by atoms with Crippen molar-refractivity contribution in [1.82, 2.24) is 9.62 Å². The van der Waals surface area contributed by atoms with Crippen LogP contribution in [0.25, 0.3) is 0 Å². The van der Waals surface area contributed by atoms with Crippen molar-refractivity contribution >= 4 is 27.7 Å². The van der Waals surface area contributed by atoms with Crippen molar-refractivity contribution in [2.45, 2.75) is 56.5 Å². The van der Waals surface area contributed by atoms with Crippen LogP contribution in [0.3, 0.4) is 0 Å². The summed E-state index contributed by atoms with van der Waals surface area (Å²) in [4.78, 5) is 30.6. The molecule has 1 heterocycles. The highest BCUT2D eigenvalue weighted by molar-refractivity contribution is 7.90. The number of esters is 1. The second kappa shape index (κ2) is 8.52. The number of sulfonamides is 1. The zero-order chi connectivity index (χ0) is 21.2. The summed E-state index contributed by atoms with van der Waals surface area (Å²) >= 11 is 0. The van der Waals surface area contributed by atoms with Crippen LogP contribution < -0.4 is 4.72 Å². The second-order valence-electron chi connectivity index (χ2n) is 7.78. The van der Waals surface area contributed by atoms with Crippen molar-refractivity contribution < 1.29 is 22.7 Å². The summed E-state index contributed by atoms with van der Waals surface area (Å²) in [6.45, 7) is 3.37. The highest BCUT2D eigenvalue weighted by Gasteiger charge is 2.31. The number of amidine groups is 1. The van der Waals surface area contributed by atoms with Crippen LogP contribution in [0.2, 0.25) is 0 Å². The molecule has 1 aromatic rings. The number of aliphatic imine (C=N–C) groups is 1. The lowest BCUT2D eigenvalue weighted by molar-refractivity contribution is -0.153. The van der Waals surface area contributed by atoms with Crippen molar-refractivity contribution in [3.05, 3.63) is 29.8 Å². The zero-order valence-corrected chi connectivity index (χ0v) is 17.7. The molecular weight excluding hydrogens is 394 g/mol. The largest absolute Gasteiger partial charge is 0.454 e. The predicted molar refractivity (Wildman–Crippen MR) is 108 cm³/mol. The van der Waals surface area contributed by atoms with Crippen LogP contribution in [0.15, 0.2) is 34.2 Å². The van der Waals surface area contributed by atoms with Crippen LogP contribution in [0.4, 0.5) is 0 Å². The summed E-state index contributed by atoms with van der Waals surface area (Å²) in [5, 5.41) is 0. The third-order valence-electron chi connectivity index (χ3n) is 5.59. The normalized spacial score (nSPS) is 25.0. The third-order valence-corrected chi connectivity index (χ3v) is 6.99. The molecular formula is C20H27N3O5S. The Morgan fingerprint density at radius 2 is 1.90 bits per heavy atom. The lowest BCUT2D eigenvalue weighted by Gasteiger charge is -2.33. The van der Waals surface area contributed by atoms with Crippen LogP contribution in [-0.4, -0.2) is 56.8 Å². The summed E-state index contributed by atoms with van der Waals surface area (Å²) < 4.78 is 31.7. The first kappa shape index (κ1) is 21.3. The average Bonchev–Trinajstić information content (AvgIpc) is 2.96. The molecule has 1 aromatic carbocycles. The molecule has 1 amide bonds. The number of carbonyl (C=O) groups excluding carboxylic acids is 2. The Hall–Kier alpha value is -2.42. The minimum Gasteiger partial charge on any atom is -0.454 e. The molecule has 3 rings (SSSR count). The van der Waals surface area contributed by atoms with Gasteiger partial charge in [0, 0.05) is 18.7 Å². The van der Waals surface area contributed by atoms with Gasteiger partial charge in [-0.25, -0.2) is 13.2 Å². The summed E-state index contributed by atoms with van der Waals surface area (Å²) in [5.74, 6) is -0.139. The van der Waals surface area contributed by atoms with E-state index in [4.69, 9.17) is 4.74 Å². The van der Waals surface area contributed by atoms with Gasteiger partial charge in [-0.3, -0.25) is 14.5 Å². The van der Waals surface area contributed by atoms with Crippen molar-refractivity contribution in [2.75, 3.05) is 13.7 Å². The molecule has 1 aliphatic heterocycles. The van der Waals surface area contributed by atoms with Crippen molar-refractivity contribution in [2.24, 2.45) is 10.9 Å². The number of likely N-dealkylation sites (N-methyl/N-ethyl adjacent to an activating group) is 1. The molecule has 0 spiro atoms. The summed E-state index contributed by atoms with van der Waals surface area (Å²) in [7, 11) is -1.93. The molecule has 158 valence electrons. The van der Waals surface area contributed by atoms with Crippen LogP contribution in [0.5, 0.6) is 0 Å². The molecule has 8 nitrogen and oxygen atoms in total. The molecule has 0 aromatic heterocycles. The maximum atomic E-state index is 12.4. The number of amides is 1. The van der Waals surface area contributed by atoms with Crippen LogP contribution >= 0.6 is 0 Å². The van der Waals surface area contributed by atoms with E-state index in [1.54, 1.807) is 30.1 Å². The number of benzene rings is 1. The Morgan fingerprint density at radius 1 is 1.24 bits per heavy atom. The third kappa shape index (κ3) is 4.77. The van der Waals surface area contributed by atoms with E-state index >= 15 is 0 Å². The molecule has 1 fully saturated rings. The number of hydrogen-bond donors (Lipinski definition) is 1. The number of rotatable bonds is 5. The lowest BCUT2D eigenvalue weighted by Crippen LogP contribution is -2.41. The van der Waals surface area contributed by atoms with Crippen LogP contribution in [0, 0.1) is 5.92 Å².